The van der Waals surface area contributed by atoms with Crippen molar-refractivity contribution in [2.24, 2.45) is 4.99 Å². The third-order valence-corrected chi connectivity index (χ3v) is 7.45. The Hall–Kier alpha value is -3.92. The average Bonchev–Trinajstić information content (AvgIpc) is 3.00. The number of carbonyl (C=O) groups excluding carboxylic acids is 1. The third kappa shape index (κ3) is 6.70. The van der Waals surface area contributed by atoms with E-state index in [1.165, 1.54) is 18.2 Å². The van der Waals surface area contributed by atoms with Crippen molar-refractivity contribution < 1.29 is 23.1 Å². The Bertz CT molecular complexity index is 1400. The Morgan fingerprint density at radius 1 is 1.10 bits per heavy atom. The van der Waals surface area contributed by atoms with E-state index in [2.05, 4.69) is 20.2 Å². The molecule has 4 rings (SSSR count). The second kappa shape index (κ2) is 12.7. The van der Waals surface area contributed by atoms with Crippen LogP contribution in [0.4, 0.5) is 24.7 Å². The van der Waals surface area contributed by atoms with Crippen molar-refractivity contribution >= 4 is 23.2 Å². The van der Waals surface area contributed by atoms with Gasteiger partial charge in [-0.2, -0.15) is 8.78 Å². The number of aliphatic hydroxyl groups is 1. The lowest BCUT2D eigenvalue weighted by molar-refractivity contribution is -0.140. The molecule has 1 amide bonds. The first-order valence-corrected chi connectivity index (χ1v) is 13.6. The van der Waals surface area contributed by atoms with E-state index < -0.39 is 18.7 Å². The van der Waals surface area contributed by atoms with Gasteiger partial charge in [-0.15, -0.1) is 0 Å². The molecule has 1 unspecified atom stereocenters. The summed E-state index contributed by atoms with van der Waals surface area (Å²) in [5.41, 5.74) is 4.09. The van der Waals surface area contributed by atoms with Gasteiger partial charge in [0.1, 0.15) is 11.7 Å². The summed E-state index contributed by atoms with van der Waals surface area (Å²) in [6.45, 7) is 5.98. The van der Waals surface area contributed by atoms with E-state index in [0.29, 0.717) is 60.8 Å². The van der Waals surface area contributed by atoms with Gasteiger partial charge in [-0.3, -0.25) is 9.79 Å². The minimum Gasteiger partial charge on any atom is -0.378 e. The van der Waals surface area contributed by atoms with Crippen LogP contribution in [0.2, 0.25) is 0 Å². The topological polar surface area (TPSA) is 81.1 Å². The van der Waals surface area contributed by atoms with E-state index in [9.17, 15) is 23.1 Å². The van der Waals surface area contributed by atoms with E-state index in [0.717, 1.165) is 16.9 Å². The molecule has 10 heteroatoms. The number of rotatable bonds is 8. The molecular formula is C31H36F3N5O2. The monoisotopic (exact) mass is 567 g/mol. The van der Waals surface area contributed by atoms with Crippen LogP contribution in [0.5, 0.6) is 0 Å². The van der Waals surface area contributed by atoms with Crippen LogP contribution < -0.4 is 10.2 Å². The molecule has 0 radical (unpaired) electrons. The smallest absolute Gasteiger partial charge is 0.301 e. The number of amidine groups is 1. The van der Waals surface area contributed by atoms with Crippen molar-refractivity contribution in [3.05, 3.63) is 88.1 Å². The molecule has 0 saturated carbocycles. The maximum Gasteiger partial charge on any atom is 0.301 e. The first-order valence-electron chi connectivity index (χ1n) is 13.6. The Morgan fingerprint density at radius 3 is 2.44 bits per heavy atom. The first kappa shape index (κ1) is 30.0. The highest BCUT2D eigenvalue weighted by atomic mass is 19.3. The molecule has 3 aromatic rings. The van der Waals surface area contributed by atoms with E-state index in [1.54, 1.807) is 18.1 Å². The van der Waals surface area contributed by atoms with Gasteiger partial charge in [0.15, 0.2) is 12.8 Å². The van der Waals surface area contributed by atoms with Crippen LogP contribution in [0.1, 0.15) is 46.4 Å². The predicted octanol–water partition coefficient (Wildman–Crippen LogP) is 5.19. The zero-order valence-electron chi connectivity index (χ0n) is 23.8. The summed E-state index contributed by atoms with van der Waals surface area (Å²) in [7, 11) is 1.62. The fourth-order valence-corrected chi connectivity index (χ4v) is 4.93. The lowest BCUT2D eigenvalue weighted by atomic mass is 10.00. The highest BCUT2D eigenvalue weighted by molar-refractivity contribution is 6.08. The summed E-state index contributed by atoms with van der Waals surface area (Å²) in [4.78, 5) is 25.7. The van der Waals surface area contributed by atoms with Gasteiger partial charge in [-0.25, -0.2) is 9.37 Å². The van der Waals surface area contributed by atoms with E-state index >= 15 is 0 Å². The van der Waals surface area contributed by atoms with Crippen molar-refractivity contribution in [2.45, 2.75) is 39.2 Å². The lowest BCUT2D eigenvalue weighted by Gasteiger charge is -2.36. The van der Waals surface area contributed by atoms with E-state index in [4.69, 9.17) is 0 Å². The molecule has 1 saturated heterocycles. The van der Waals surface area contributed by atoms with Crippen LogP contribution in [0.15, 0.2) is 59.7 Å². The fourth-order valence-electron chi connectivity index (χ4n) is 4.93. The van der Waals surface area contributed by atoms with Gasteiger partial charge in [0.05, 0.1) is 0 Å². The number of hydrogen-bond donors (Lipinski definition) is 2. The highest BCUT2D eigenvalue weighted by Gasteiger charge is 2.32. The summed E-state index contributed by atoms with van der Waals surface area (Å²) in [6.07, 6.45) is 0.967. The zero-order chi connectivity index (χ0) is 29.7. The van der Waals surface area contributed by atoms with Crippen LogP contribution in [0.3, 0.4) is 0 Å². The average molecular weight is 568 g/mol. The fraction of sp³-hybridized carbons (Fsp3) is 0.387. The van der Waals surface area contributed by atoms with Crippen molar-refractivity contribution in [3.8, 4) is 0 Å². The molecule has 2 aromatic carbocycles. The van der Waals surface area contributed by atoms with Gasteiger partial charge in [-0.05, 0) is 61.2 Å². The molecule has 0 bridgehead atoms. The number of nitrogens with one attached hydrogen (secondary N) is 1. The minimum atomic E-state index is -3.53. The number of nitrogens with zero attached hydrogens (tertiary/aromatic N) is 4. The molecule has 2 N–H and O–H groups in total. The number of pyridine rings is 1. The molecular weight excluding hydrogens is 531 g/mol. The maximum absolute atomic E-state index is 13.9. The quantitative estimate of drug-likeness (QED) is 0.289. The SMILES string of the molecule is CCc1cc(C(F)(F)CF)ccc1NC(=NC)c1ccc(N2CCN(C(=O)C(O)c3cc(C)ccc3C)CC2)nc1. The second-order valence-corrected chi connectivity index (χ2v) is 10.2. The number of piperazine rings is 1. The van der Waals surface area contributed by atoms with Crippen LogP contribution in [-0.2, 0) is 17.1 Å². The summed E-state index contributed by atoms with van der Waals surface area (Å²) in [5, 5.41) is 14.0. The molecule has 1 aromatic heterocycles. The first-order chi connectivity index (χ1) is 19.6. The normalized spacial score (nSPS) is 15.2. The Kier molecular flexibility index (Phi) is 9.32. The molecule has 1 atom stereocenters. The van der Waals surface area contributed by atoms with Crippen LogP contribution in [0, 0.1) is 13.8 Å². The number of alkyl halides is 3. The molecule has 0 spiro atoms. The number of aliphatic hydroxyl groups excluding tert-OH is 1. The Labute approximate surface area is 238 Å². The van der Waals surface area contributed by atoms with Crippen LogP contribution >= 0.6 is 0 Å². The molecule has 1 fully saturated rings. The van der Waals surface area contributed by atoms with Crippen LogP contribution in [-0.4, -0.2) is 66.6 Å². The number of benzene rings is 2. The second-order valence-electron chi connectivity index (χ2n) is 10.2. The van der Waals surface area contributed by atoms with Gasteiger partial charge < -0.3 is 20.2 Å². The van der Waals surface area contributed by atoms with Gasteiger partial charge in [0.2, 0.25) is 0 Å². The standard InChI is InChI=1S/C31H36F3N5O2/c1-5-22-17-24(31(33,34)19-32)9-10-26(22)37-29(35-4)23-8-11-27(36-18-23)38-12-14-39(15-13-38)30(41)28(40)25-16-20(2)6-7-21(25)3/h6-11,16-18,28,40H,5,12-15,19H2,1-4H3,(H,35,37). The van der Waals surface area contributed by atoms with Crippen LogP contribution in [0.25, 0.3) is 0 Å². The van der Waals surface area contributed by atoms with Crippen molar-refractivity contribution in [2.75, 3.05) is 50.1 Å². The molecule has 1 aliphatic heterocycles. The highest BCUT2D eigenvalue weighted by Crippen LogP contribution is 2.32. The van der Waals surface area contributed by atoms with Crippen molar-refractivity contribution in [1.29, 1.82) is 0 Å². The largest absolute Gasteiger partial charge is 0.378 e. The zero-order valence-corrected chi connectivity index (χ0v) is 23.8. The predicted molar refractivity (Wildman–Crippen MR) is 156 cm³/mol. The van der Waals surface area contributed by atoms with Crippen molar-refractivity contribution in [1.82, 2.24) is 9.88 Å². The number of aryl methyl sites for hydroxylation is 3. The molecule has 7 nitrogen and oxygen atoms in total. The maximum atomic E-state index is 13.9. The third-order valence-electron chi connectivity index (χ3n) is 7.45. The van der Waals surface area contributed by atoms with Gasteiger partial charge >= 0.3 is 5.92 Å². The summed E-state index contributed by atoms with van der Waals surface area (Å²) < 4.78 is 40.5. The molecule has 1 aliphatic rings. The molecule has 218 valence electrons. The number of aliphatic imine (C=N–C) groups is 1. The number of carbonyl (C=O) groups is 1. The van der Waals surface area contributed by atoms with E-state index in [1.807, 2.05) is 51.1 Å². The van der Waals surface area contributed by atoms with Gasteiger partial charge in [0.25, 0.3) is 5.91 Å². The Balaban J connectivity index is 1.39. The number of amides is 1. The number of halogens is 3. The van der Waals surface area contributed by atoms with Crippen molar-refractivity contribution in [3.63, 3.8) is 0 Å². The number of aromatic nitrogens is 1. The molecule has 41 heavy (non-hydrogen) atoms. The molecule has 2 heterocycles. The summed E-state index contributed by atoms with van der Waals surface area (Å²) in [5.74, 6) is -2.56. The number of hydrogen-bond acceptors (Lipinski definition) is 5. The lowest BCUT2D eigenvalue weighted by Crippen LogP contribution is -2.50. The summed E-state index contributed by atoms with van der Waals surface area (Å²) in [6, 6.07) is 13.5. The molecule has 0 aliphatic carbocycles. The van der Waals surface area contributed by atoms with Gasteiger partial charge in [0, 0.05) is 56.2 Å². The van der Waals surface area contributed by atoms with E-state index in [-0.39, 0.29) is 11.5 Å². The summed E-state index contributed by atoms with van der Waals surface area (Å²) >= 11 is 0. The van der Waals surface area contributed by atoms with Gasteiger partial charge in [-0.1, -0.05) is 36.8 Å². The minimum absolute atomic E-state index is 0.301. The Morgan fingerprint density at radius 2 is 1.83 bits per heavy atom. The number of anilines is 2.